The van der Waals surface area contributed by atoms with Gasteiger partial charge in [0.1, 0.15) is 5.60 Å². The summed E-state index contributed by atoms with van der Waals surface area (Å²) in [6.07, 6.45) is -1.95. The number of carbonyl (C=O) groups is 2. The Labute approximate surface area is 130 Å². The minimum Gasteiger partial charge on any atom is -0.429 e. The predicted molar refractivity (Wildman–Crippen MR) is 81.3 cm³/mol. The molecule has 0 aliphatic heterocycles. The molecule has 22 heavy (non-hydrogen) atoms. The first kappa shape index (κ1) is 18.0. The van der Waals surface area contributed by atoms with Crippen molar-refractivity contribution >= 4 is 12.1 Å². The summed E-state index contributed by atoms with van der Waals surface area (Å²) in [6.45, 7) is 5.45. The zero-order valence-electron chi connectivity index (χ0n) is 13.4. The van der Waals surface area contributed by atoms with Crippen LogP contribution >= 0.6 is 0 Å². The highest BCUT2D eigenvalue weighted by Gasteiger charge is 2.26. The molecule has 6 heteroatoms. The molecule has 0 spiro atoms. The molecule has 122 valence electrons. The highest BCUT2D eigenvalue weighted by atomic mass is 16.7. The molecule has 0 saturated carbocycles. The van der Waals surface area contributed by atoms with E-state index in [2.05, 4.69) is 5.32 Å². The van der Waals surface area contributed by atoms with Crippen LogP contribution in [0.4, 0.5) is 4.79 Å². The molecule has 0 heterocycles. The van der Waals surface area contributed by atoms with E-state index in [4.69, 9.17) is 14.2 Å². The molecule has 0 radical (unpaired) electrons. The van der Waals surface area contributed by atoms with E-state index in [1.54, 1.807) is 20.8 Å². The molecule has 1 aromatic carbocycles. The normalized spacial score (nSPS) is 12.4. The van der Waals surface area contributed by atoms with Crippen molar-refractivity contribution in [2.24, 2.45) is 0 Å². The summed E-state index contributed by atoms with van der Waals surface area (Å²) in [7, 11) is 1.43. The van der Waals surface area contributed by atoms with Crippen LogP contribution in [0.25, 0.3) is 0 Å². The maximum absolute atomic E-state index is 12.1. The van der Waals surface area contributed by atoms with Gasteiger partial charge in [-0.3, -0.25) is 4.79 Å². The van der Waals surface area contributed by atoms with E-state index in [0.29, 0.717) is 6.54 Å². The van der Waals surface area contributed by atoms with E-state index >= 15 is 0 Å². The zero-order valence-corrected chi connectivity index (χ0v) is 13.4. The average molecular weight is 309 g/mol. The van der Waals surface area contributed by atoms with E-state index in [1.165, 1.54) is 7.11 Å². The van der Waals surface area contributed by atoms with Gasteiger partial charge in [0.2, 0.25) is 6.10 Å². The summed E-state index contributed by atoms with van der Waals surface area (Å²) in [6, 6.07) is 9.43. The maximum atomic E-state index is 12.1. The summed E-state index contributed by atoms with van der Waals surface area (Å²) >= 11 is 0. The summed E-state index contributed by atoms with van der Waals surface area (Å²) in [5.41, 5.74) is 0.263. The zero-order chi connectivity index (χ0) is 16.6. The summed E-state index contributed by atoms with van der Waals surface area (Å²) in [5, 5.41) is 2.70. The number of carbonyl (C=O) groups excluding carboxylic acids is 2. The molecule has 0 aromatic heterocycles. The second-order valence-corrected chi connectivity index (χ2v) is 5.73. The van der Waals surface area contributed by atoms with Gasteiger partial charge in [-0.2, -0.15) is 0 Å². The van der Waals surface area contributed by atoms with Crippen molar-refractivity contribution in [3.8, 4) is 0 Å². The third-order valence-corrected chi connectivity index (χ3v) is 2.55. The Kier molecular flexibility index (Phi) is 6.85. The molecule has 1 unspecified atom stereocenters. The van der Waals surface area contributed by atoms with Gasteiger partial charge in [0.05, 0.1) is 6.61 Å². The summed E-state index contributed by atoms with van der Waals surface area (Å²) in [4.78, 5) is 23.7. The Bertz CT molecular complexity index is 481. The SMILES string of the molecule is COCC(OC(=O)OC(C)(C)C)C(=O)NCc1ccccc1. The fraction of sp³-hybridized carbons (Fsp3) is 0.500. The lowest BCUT2D eigenvalue weighted by atomic mass is 10.2. The molecule has 1 atom stereocenters. The third kappa shape index (κ3) is 7.08. The lowest BCUT2D eigenvalue weighted by Gasteiger charge is -2.22. The largest absolute Gasteiger partial charge is 0.509 e. The van der Waals surface area contributed by atoms with Crippen LogP contribution in [0.15, 0.2) is 30.3 Å². The minimum atomic E-state index is -1.05. The van der Waals surface area contributed by atoms with E-state index < -0.39 is 23.8 Å². The standard InChI is InChI=1S/C16H23NO5/c1-16(2,3)22-15(19)21-13(11-20-4)14(18)17-10-12-8-6-5-7-9-12/h5-9,13H,10-11H2,1-4H3,(H,17,18). The van der Waals surface area contributed by atoms with Crippen LogP contribution in [-0.4, -0.2) is 37.5 Å². The maximum Gasteiger partial charge on any atom is 0.509 e. The second kappa shape index (κ2) is 8.38. The third-order valence-electron chi connectivity index (χ3n) is 2.55. The fourth-order valence-corrected chi connectivity index (χ4v) is 1.60. The Morgan fingerprint density at radius 3 is 2.36 bits per heavy atom. The molecule has 1 aromatic rings. The second-order valence-electron chi connectivity index (χ2n) is 5.73. The van der Waals surface area contributed by atoms with E-state index in [0.717, 1.165) is 5.56 Å². The fourth-order valence-electron chi connectivity index (χ4n) is 1.60. The van der Waals surface area contributed by atoms with Crippen LogP contribution in [0.3, 0.4) is 0 Å². The molecule has 1 amide bonds. The Hall–Kier alpha value is -2.08. The molecule has 1 rings (SSSR count). The number of hydrogen-bond donors (Lipinski definition) is 1. The van der Waals surface area contributed by atoms with Gasteiger partial charge in [-0.1, -0.05) is 30.3 Å². The molecular weight excluding hydrogens is 286 g/mol. The number of amides is 1. The number of ether oxygens (including phenoxy) is 3. The Morgan fingerprint density at radius 1 is 1.18 bits per heavy atom. The molecule has 0 fully saturated rings. The average Bonchev–Trinajstić information content (AvgIpc) is 2.43. The van der Waals surface area contributed by atoms with Crippen LogP contribution in [-0.2, 0) is 25.5 Å². The van der Waals surface area contributed by atoms with Crippen molar-refractivity contribution in [1.82, 2.24) is 5.32 Å². The first-order valence-electron chi connectivity index (χ1n) is 7.02. The van der Waals surface area contributed by atoms with Crippen LogP contribution in [0.2, 0.25) is 0 Å². The van der Waals surface area contributed by atoms with E-state index in [-0.39, 0.29) is 6.61 Å². The first-order chi connectivity index (χ1) is 10.3. The molecule has 0 bridgehead atoms. The lowest BCUT2D eigenvalue weighted by Crippen LogP contribution is -2.41. The van der Waals surface area contributed by atoms with Gasteiger partial charge in [-0.25, -0.2) is 4.79 Å². The van der Waals surface area contributed by atoms with Crippen molar-refractivity contribution in [1.29, 1.82) is 0 Å². The number of benzene rings is 1. The van der Waals surface area contributed by atoms with Gasteiger partial charge in [-0.05, 0) is 26.3 Å². The Balaban J connectivity index is 2.54. The van der Waals surface area contributed by atoms with Crippen LogP contribution in [0.5, 0.6) is 0 Å². The quantitative estimate of drug-likeness (QED) is 0.816. The van der Waals surface area contributed by atoms with Gasteiger partial charge >= 0.3 is 6.16 Å². The van der Waals surface area contributed by atoms with Crippen molar-refractivity contribution < 1.29 is 23.8 Å². The van der Waals surface area contributed by atoms with Crippen molar-refractivity contribution in [3.63, 3.8) is 0 Å². The number of rotatable bonds is 6. The first-order valence-corrected chi connectivity index (χ1v) is 7.02. The molecule has 0 saturated heterocycles. The topological polar surface area (TPSA) is 73.9 Å². The molecular formula is C16H23NO5. The Morgan fingerprint density at radius 2 is 1.82 bits per heavy atom. The van der Waals surface area contributed by atoms with E-state index in [9.17, 15) is 9.59 Å². The van der Waals surface area contributed by atoms with Crippen LogP contribution in [0, 0.1) is 0 Å². The molecule has 6 nitrogen and oxygen atoms in total. The van der Waals surface area contributed by atoms with Gasteiger partial charge in [0.25, 0.3) is 5.91 Å². The molecule has 0 aliphatic carbocycles. The van der Waals surface area contributed by atoms with Crippen molar-refractivity contribution in [2.45, 2.75) is 39.0 Å². The smallest absolute Gasteiger partial charge is 0.429 e. The van der Waals surface area contributed by atoms with E-state index in [1.807, 2.05) is 30.3 Å². The number of nitrogens with one attached hydrogen (secondary N) is 1. The highest BCUT2D eigenvalue weighted by molar-refractivity contribution is 5.82. The van der Waals surface area contributed by atoms with Crippen molar-refractivity contribution in [2.75, 3.05) is 13.7 Å². The van der Waals surface area contributed by atoms with Gasteiger partial charge in [0.15, 0.2) is 0 Å². The molecule has 0 aliphatic rings. The lowest BCUT2D eigenvalue weighted by molar-refractivity contribution is -0.135. The van der Waals surface area contributed by atoms with Crippen LogP contribution in [0.1, 0.15) is 26.3 Å². The predicted octanol–water partition coefficient (Wildman–Crippen LogP) is 2.27. The monoisotopic (exact) mass is 309 g/mol. The van der Waals surface area contributed by atoms with Crippen molar-refractivity contribution in [3.05, 3.63) is 35.9 Å². The van der Waals surface area contributed by atoms with Gasteiger partial charge in [0, 0.05) is 13.7 Å². The number of methoxy groups -OCH3 is 1. The summed E-state index contributed by atoms with van der Waals surface area (Å²) in [5.74, 6) is -0.434. The molecule has 1 N–H and O–H groups in total. The summed E-state index contributed by atoms with van der Waals surface area (Å²) < 4.78 is 15.0. The van der Waals surface area contributed by atoms with Crippen LogP contribution < -0.4 is 5.32 Å². The van der Waals surface area contributed by atoms with Gasteiger partial charge < -0.3 is 19.5 Å². The minimum absolute atomic E-state index is 0.0418. The highest BCUT2D eigenvalue weighted by Crippen LogP contribution is 2.09. The number of hydrogen-bond acceptors (Lipinski definition) is 5. The van der Waals surface area contributed by atoms with Gasteiger partial charge in [-0.15, -0.1) is 0 Å².